The third-order valence-corrected chi connectivity index (χ3v) is 5.25. The van der Waals surface area contributed by atoms with E-state index in [1.54, 1.807) is 12.1 Å². The van der Waals surface area contributed by atoms with E-state index in [2.05, 4.69) is 10.0 Å². The molecule has 0 aromatic heterocycles. The third-order valence-electron chi connectivity index (χ3n) is 3.19. The van der Waals surface area contributed by atoms with Crippen molar-refractivity contribution < 1.29 is 8.42 Å². The van der Waals surface area contributed by atoms with Gasteiger partial charge in [-0.05, 0) is 50.6 Å². The highest BCUT2D eigenvalue weighted by atomic mass is 35.5. The van der Waals surface area contributed by atoms with E-state index in [1.807, 2.05) is 27.7 Å². The Kier molecular flexibility index (Phi) is 6.01. The first-order valence-corrected chi connectivity index (χ1v) is 8.61. The van der Waals surface area contributed by atoms with Gasteiger partial charge in [-0.3, -0.25) is 0 Å². The van der Waals surface area contributed by atoms with Crippen molar-refractivity contribution in [1.29, 1.82) is 0 Å². The Morgan fingerprint density at radius 3 is 2.45 bits per heavy atom. The normalized spacial score (nSPS) is 12.7. The van der Waals surface area contributed by atoms with Gasteiger partial charge in [0.2, 0.25) is 10.0 Å². The first kappa shape index (κ1) is 17.4. The monoisotopic (exact) mass is 318 g/mol. The number of sulfonamides is 1. The van der Waals surface area contributed by atoms with Crippen molar-refractivity contribution in [2.45, 2.75) is 51.1 Å². The summed E-state index contributed by atoms with van der Waals surface area (Å²) in [5.41, 5.74) is 0.311. The number of halogens is 1. The minimum Gasteiger partial charge on any atom is -0.313 e. The summed E-state index contributed by atoms with van der Waals surface area (Å²) in [5, 5.41) is 3.71. The van der Waals surface area contributed by atoms with Gasteiger partial charge in [0.1, 0.15) is 0 Å². The van der Waals surface area contributed by atoms with Crippen molar-refractivity contribution in [3.63, 3.8) is 0 Å². The third kappa shape index (κ3) is 4.74. The molecule has 0 amide bonds. The molecule has 114 valence electrons. The molecule has 1 rings (SSSR count). The fourth-order valence-electron chi connectivity index (χ4n) is 1.61. The number of hydrogen-bond acceptors (Lipinski definition) is 3. The predicted octanol–water partition coefficient (Wildman–Crippen LogP) is 2.92. The molecular weight excluding hydrogens is 296 g/mol. The molecule has 20 heavy (non-hydrogen) atoms. The predicted molar refractivity (Wildman–Crippen MR) is 83.5 cm³/mol. The molecule has 2 N–H and O–H groups in total. The molecule has 1 aromatic carbocycles. The van der Waals surface area contributed by atoms with Crippen LogP contribution in [0.5, 0.6) is 0 Å². The molecule has 4 nitrogen and oxygen atoms in total. The quantitative estimate of drug-likeness (QED) is 0.812. The van der Waals surface area contributed by atoms with Crippen LogP contribution in [0.25, 0.3) is 0 Å². The Balaban J connectivity index is 3.07. The van der Waals surface area contributed by atoms with Crippen LogP contribution in [-0.4, -0.2) is 20.5 Å². The standard InChI is InChI=1S/C14H23ClN2O2S/c1-5-14(3,4)17-20(18,19)12-7-8-13(15)11(9-12)10-16-6-2/h7-9,16-17H,5-6,10H2,1-4H3. The molecule has 0 aliphatic heterocycles. The van der Waals surface area contributed by atoms with Gasteiger partial charge >= 0.3 is 0 Å². The van der Waals surface area contributed by atoms with Gasteiger partial charge < -0.3 is 5.32 Å². The van der Waals surface area contributed by atoms with Crippen LogP contribution in [0.1, 0.15) is 39.7 Å². The molecule has 0 atom stereocenters. The number of hydrogen-bond donors (Lipinski definition) is 2. The van der Waals surface area contributed by atoms with Crippen molar-refractivity contribution in [1.82, 2.24) is 10.0 Å². The van der Waals surface area contributed by atoms with Crippen LogP contribution >= 0.6 is 11.6 Å². The smallest absolute Gasteiger partial charge is 0.241 e. The highest BCUT2D eigenvalue weighted by Crippen LogP contribution is 2.22. The molecule has 0 bridgehead atoms. The van der Waals surface area contributed by atoms with Gasteiger partial charge in [0.15, 0.2) is 0 Å². The lowest BCUT2D eigenvalue weighted by atomic mass is 10.0. The Hall–Kier alpha value is -0.620. The maximum absolute atomic E-state index is 12.4. The second kappa shape index (κ2) is 6.89. The number of benzene rings is 1. The first-order chi connectivity index (χ1) is 9.22. The molecule has 0 spiro atoms. The average Bonchev–Trinajstić information content (AvgIpc) is 2.36. The maximum Gasteiger partial charge on any atom is 0.241 e. The van der Waals surface area contributed by atoms with Gasteiger partial charge in [0.25, 0.3) is 0 Å². The molecule has 0 aliphatic rings. The Morgan fingerprint density at radius 1 is 1.25 bits per heavy atom. The van der Waals surface area contributed by atoms with E-state index in [9.17, 15) is 8.42 Å². The number of rotatable bonds is 7. The summed E-state index contributed by atoms with van der Waals surface area (Å²) < 4.78 is 27.4. The highest BCUT2D eigenvalue weighted by molar-refractivity contribution is 7.89. The Morgan fingerprint density at radius 2 is 1.90 bits per heavy atom. The van der Waals surface area contributed by atoms with E-state index < -0.39 is 15.6 Å². The maximum atomic E-state index is 12.4. The summed E-state index contributed by atoms with van der Waals surface area (Å²) >= 11 is 6.09. The summed E-state index contributed by atoms with van der Waals surface area (Å²) in [4.78, 5) is 0.247. The molecule has 0 radical (unpaired) electrons. The SMILES string of the molecule is CCNCc1cc(S(=O)(=O)NC(C)(C)CC)ccc1Cl. The zero-order valence-corrected chi connectivity index (χ0v) is 14.0. The Bertz CT molecular complexity index is 556. The molecule has 0 fully saturated rings. The first-order valence-electron chi connectivity index (χ1n) is 6.75. The minimum atomic E-state index is -3.53. The molecule has 1 aromatic rings. The van der Waals surface area contributed by atoms with Gasteiger partial charge in [0.05, 0.1) is 4.90 Å². The van der Waals surface area contributed by atoms with Gasteiger partial charge in [-0.25, -0.2) is 13.1 Å². The van der Waals surface area contributed by atoms with Crippen LogP contribution in [0.3, 0.4) is 0 Å². The molecule has 0 unspecified atom stereocenters. The second-order valence-electron chi connectivity index (χ2n) is 5.38. The van der Waals surface area contributed by atoms with Crippen molar-refractivity contribution in [3.05, 3.63) is 28.8 Å². The number of nitrogens with one attached hydrogen (secondary N) is 2. The topological polar surface area (TPSA) is 58.2 Å². The fourth-order valence-corrected chi connectivity index (χ4v) is 3.33. The minimum absolute atomic E-state index is 0.247. The molecule has 0 saturated heterocycles. The molecule has 0 heterocycles. The molecule has 6 heteroatoms. The molecule has 0 saturated carbocycles. The summed E-state index contributed by atoms with van der Waals surface area (Å²) in [7, 11) is -3.53. The van der Waals surface area contributed by atoms with Crippen molar-refractivity contribution in [3.8, 4) is 0 Å². The molecular formula is C14H23ClN2O2S. The average molecular weight is 319 g/mol. The van der Waals surface area contributed by atoms with E-state index in [0.29, 0.717) is 18.0 Å². The zero-order valence-electron chi connectivity index (χ0n) is 12.5. The lowest BCUT2D eigenvalue weighted by Crippen LogP contribution is -2.42. The highest BCUT2D eigenvalue weighted by Gasteiger charge is 2.24. The summed E-state index contributed by atoms with van der Waals surface area (Å²) in [6, 6.07) is 4.78. The Labute approximate surface area is 127 Å². The van der Waals surface area contributed by atoms with Crippen LogP contribution in [0.15, 0.2) is 23.1 Å². The van der Waals surface area contributed by atoms with Crippen LogP contribution in [0, 0.1) is 0 Å². The lowest BCUT2D eigenvalue weighted by molar-refractivity contribution is 0.439. The fraction of sp³-hybridized carbons (Fsp3) is 0.571. The zero-order chi connectivity index (χ0) is 15.4. The van der Waals surface area contributed by atoms with Crippen LogP contribution in [-0.2, 0) is 16.6 Å². The van der Waals surface area contributed by atoms with Gasteiger partial charge in [0, 0.05) is 17.1 Å². The van der Waals surface area contributed by atoms with Gasteiger partial charge in [-0.1, -0.05) is 25.4 Å². The molecule has 0 aliphatic carbocycles. The second-order valence-corrected chi connectivity index (χ2v) is 7.47. The van der Waals surface area contributed by atoms with Crippen LogP contribution in [0.4, 0.5) is 0 Å². The van der Waals surface area contributed by atoms with E-state index in [1.165, 1.54) is 6.07 Å². The van der Waals surface area contributed by atoms with Crippen molar-refractivity contribution >= 4 is 21.6 Å². The summed E-state index contributed by atoms with van der Waals surface area (Å²) in [5.74, 6) is 0. The summed E-state index contributed by atoms with van der Waals surface area (Å²) in [6.07, 6.45) is 0.712. The van der Waals surface area contributed by atoms with E-state index >= 15 is 0 Å². The van der Waals surface area contributed by atoms with Crippen LogP contribution in [0.2, 0.25) is 5.02 Å². The van der Waals surface area contributed by atoms with E-state index in [0.717, 1.165) is 12.1 Å². The van der Waals surface area contributed by atoms with Crippen LogP contribution < -0.4 is 10.0 Å². The largest absolute Gasteiger partial charge is 0.313 e. The lowest BCUT2D eigenvalue weighted by Gasteiger charge is -2.24. The van der Waals surface area contributed by atoms with Crippen molar-refractivity contribution in [2.24, 2.45) is 0 Å². The van der Waals surface area contributed by atoms with Gasteiger partial charge in [-0.2, -0.15) is 0 Å². The van der Waals surface area contributed by atoms with E-state index in [-0.39, 0.29) is 4.90 Å². The van der Waals surface area contributed by atoms with Gasteiger partial charge in [-0.15, -0.1) is 0 Å². The summed E-state index contributed by atoms with van der Waals surface area (Å²) in [6.45, 7) is 9.01. The van der Waals surface area contributed by atoms with Crippen molar-refractivity contribution in [2.75, 3.05) is 6.54 Å². The van der Waals surface area contributed by atoms with E-state index in [4.69, 9.17) is 11.6 Å².